The summed E-state index contributed by atoms with van der Waals surface area (Å²) in [6.45, 7) is 17.1. The van der Waals surface area contributed by atoms with Gasteiger partial charge in [-0.3, -0.25) is 0 Å². The maximum absolute atomic E-state index is 12.1. The molecular weight excluding hydrogens is 416 g/mol. The van der Waals surface area contributed by atoms with Crippen LogP contribution in [0.25, 0.3) is 11.1 Å². The average Bonchev–Trinajstić information content (AvgIpc) is 2.92. The first kappa shape index (κ1) is 26.2. The molecule has 6 nitrogen and oxygen atoms in total. The predicted octanol–water partition coefficient (Wildman–Crippen LogP) is 6.59. The minimum Gasteiger partial charge on any atom is -0.444 e. The number of nitrogens with one attached hydrogen (secondary N) is 2. The molecule has 0 spiro atoms. The van der Waals surface area contributed by atoms with Gasteiger partial charge in [-0.2, -0.15) is 0 Å². The number of hydrogen-bond donors (Lipinski definition) is 2. The third kappa shape index (κ3) is 8.44. The second kappa shape index (κ2) is 9.86. The lowest BCUT2D eigenvalue weighted by atomic mass is 10.1. The molecule has 0 atom stereocenters. The molecule has 2 aromatic rings. The summed E-state index contributed by atoms with van der Waals surface area (Å²) in [7, 11) is 0. The third-order valence-corrected chi connectivity index (χ3v) is 4.35. The summed E-state index contributed by atoms with van der Waals surface area (Å²) in [4.78, 5) is 23.2. The number of carbonyl (C=O) groups is 2. The van der Waals surface area contributed by atoms with Crippen LogP contribution in [0.1, 0.15) is 79.5 Å². The zero-order valence-electron chi connectivity index (χ0n) is 21.3. The Kier molecular flexibility index (Phi) is 7.83. The fourth-order valence-electron chi connectivity index (χ4n) is 3.29. The van der Waals surface area contributed by atoms with Gasteiger partial charge in [0.2, 0.25) is 0 Å². The lowest BCUT2D eigenvalue weighted by Gasteiger charge is -2.25. The Morgan fingerprint density at radius 2 is 1.06 bits per heavy atom. The van der Waals surface area contributed by atoms with Crippen molar-refractivity contribution in [1.29, 1.82) is 0 Å². The predicted molar refractivity (Wildman–Crippen MR) is 132 cm³/mol. The van der Waals surface area contributed by atoms with E-state index < -0.39 is 5.60 Å². The quantitative estimate of drug-likeness (QED) is 0.509. The van der Waals surface area contributed by atoms with E-state index in [1.807, 2.05) is 98.7 Å². The number of alkyl carbamates (subject to hydrolysis) is 2. The molecule has 2 aromatic carbocycles. The molecule has 1 aliphatic rings. The van der Waals surface area contributed by atoms with Gasteiger partial charge in [0.15, 0.2) is 6.10 Å². The van der Waals surface area contributed by atoms with E-state index in [2.05, 4.69) is 22.8 Å². The van der Waals surface area contributed by atoms with E-state index in [9.17, 15) is 9.59 Å². The maximum Gasteiger partial charge on any atom is 0.408 e. The average molecular weight is 455 g/mol. The topological polar surface area (TPSA) is 76.7 Å². The zero-order chi connectivity index (χ0) is 25.0. The maximum atomic E-state index is 12.1. The Morgan fingerprint density at radius 1 is 0.667 bits per heavy atom. The van der Waals surface area contributed by atoms with Gasteiger partial charge in [-0.15, -0.1) is 0 Å². The van der Waals surface area contributed by atoms with Crippen LogP contribution < -0.4 is 10.6 Å². The van der Waals surface area contributed by atoms with Crippen LogP contribution in [0.3, 0.4) is 0 Å². The largest absolute Gasteiger partial charge is 0.444 e. The Labute approximate surface area is 198 Å². The molecule has 0 unspecified atom stereocenters. The van der Waals surface area contributed by atoms with E-state index in [1.54, 1.807) is 0 Å². The zero-order valence-corrected chi connectivity index (χ0v) is 21.3. The van der Waals surface area contributed by atoms with Gasteiger partial charge in [0.1, 0.15) is 5.60 Å². The van der Waals surface area contributed by atoms with Crippen molar-refractivity contribution in [3.05, 3.63) is 59.7 Å². The molecule has 2 N–H and O–H groups in total. The summed E-state index contributed by atoms with van der Waals surface area (Å²) in [5.74, 6) is 0. The SMILES string of the molecule is CC(C)(C)NC(=O)OC(C)(C)C.CC(C)(C)NC(=O)OC1c2ccccc2-c2ccccc21. The molecule has 0 aromatic heterocycles. The van der Waals surface area contributed by atoms with Crippen molar-refractivity contribution in [1.82, 2.24) is 10.6 Å². The second-order valence-electron chi connectivity index (χ2n) is 11.2. The fraction of sp³-hybridized carbons (Fsp3) is 0.481. The van der Waals surface area contributed by atoms with Gasteiger partial charge in [-0.25, -0.2) is 9.59 Å². The summed E-state index contributed by atoms with van der Waals surface area (Å²) < 4.78 is 10.8. The first-order valence-electron chi connectivity index (χ1n) is 11.2. The Balaban J connectivity index is 0.000000277. The minimum atomic E-state index is -0.421. The van der Waals surface area contributed by atoms with Crippen LogP contribution in [0.4, 0.5) is 9.59 Å². The highest BCUT2D eigenvalue weighted by molar-refractivity contribution is 5.79. The molecular formula is C27H38N2O4. The first-order chi connectivity index (χ1) is 15.1. The van der Waals surface area contributed by atoms with Crippen molar-refractivity contribution in [2.45, 2.75) is 85.1 Å². The summed E-state index contributed by atoms with van der Waals surface area (Å²) >= 11 is 0. The number of rotatable bonds is 1. The summed E-state index contributed by atoms with van der Waals surface area (Å²) in [5, 5.41) is 5.56. The molecule has 0 bridgehead atoms. The molecule has 0 heterocycles. The Hall–Kier alpha value is -3.02. The number of ether oxygens (including phenoxy) is 2. The number of hydrogen-bond acceptors (Lipinski definition) is 4. The minimum absolute atomic E-state index is 0.234. The molecule has 33 heavy (non-hydrogen) atoms. The lowest BCUT2D eigenvalue weighted by Crippen LogP contribution is -2.43. The standard InChI is InChI=1S/C18H19NO2.C9H19NO2/c1-18(2,3)19-17(20)21-16-14-10-6-4-8-12(14)13-9-5-7-11-15(13)16;1-8(2,3)10-7(11)12-9(4,5)6/h4-11,16H,1-3H3,(H,19,20);1-6H3,(H,10,11). The van der Waals surface area contributed by atoms with Crippen molar-refractivity contribution < 1.29 is 19.1 Å². The van der Waals surface area contributed by atoms with Crippen LogP contribution in [0, 0.1) is 0 Å². The van der Waals surface area contributed by atoms with Crippen LogP contribution in [0.15, 0.2) is 48.5 Å². The lowest BCUT2D eigenvalue weighted by molar-refractivity contribution is 0.0480. The molecule has 0 aliphatic heterocycles. The van der Waals surface area contributed by atoms with E-state index in [0.29, 0.717) is 0 Å². The van der Waals surface area contributed by atoms with Crippen molar-refractivity contribution >= 4 is 12.2 Å². The van der Waals surface area contributed by atoms with Gasteiger partial charge in [-0.05, 0) is 73.4 Å². The molecule has 0 saturated carbocycles. The van der Waals surface area contributed by atoms with Crippen molar-refractivity contribution in [2.75, 3.05) is 0 Å². The van der Waals surface area contributed by atoms with E-state index in [0.717, 1.165) is 22.3 Å². The smallest absolute Gasteiger partial charge is 0.408 e. The summed E-state index contributed by atoms with van der Waals surface area (Å²) in [6.07, 6.45) is -1.09. The molecule has 3 rings (SSSR count). The number of amides is 2. The van der Waals surface area contributed by atoms with Crippen molar-refractivity contribution in [3.63, 3.8) is 0 Å². The van der Waals surface area contributed by atoms with Crippen LogP contribution in [0.2, 0.25) is 0 Å². The van der Waals surface area contributed by atoms with Gasteiger partial charge in [0, 0.05) is 22.2 Å². The highest BCUT2D eigenvalue weighted by Gasteiger charge is 2.31. The van der Waals surface area contributed by atoms with Crippen LogP contribution in [-0.4, -0.2) is 28.9 Å². The molecule has 6 heteroatoms. The summed E-state index contributed by atoms with van der Waals surface area (Å²) in [5.41, 5.74) is 3.40. The van der Waals surface area contributed by atoms with Crippen LogP contribution in [0.5, 0.6) is 0 Å². The second-order valence-corrected chi connectivity index (χ2v) is 11.2. The molecule has 2 amide bonds. The molecule has 180 valence electrons. The van der Waals surface area contributed by atoms with E-state index in [1.165, 1.54) is 0 Å². The number of fused-ring (bicyclic) bond motifs is 3. The third-order valence-electron chi connectivity index (χ3n) is 4.35. The highest BCUT2D eigenvalue weighted by Crippen LogP contribution is 2.45. The van der Waals surface area contributed by atoms with Gasteiger partial charge in [0.05, 0.1) is 0 Å². The Morgan fingerprint density at radius 3 is 1.45 bits per heavy atom. The Bertz CT molecular complexity index is 915. The first-order valence-corrected chi connectivity index (χ1v) is 11.2. The molecule has 0 saturated heterocycles. The van der Waals surface area contributed by atoms with E-state index in [4.69, 9.17) is 9.47 Å². The summed E-state index contributed by atoms with van der Waals surface area (Å²) in [6, 6.07) is 16.1. The van der Waals surface area contributed by atoms with Gasteiger partial charge >= 0.3 is 12.2 Å². The van der Waals surface area contributed by atoms with Gasteiger partial charge < -0.3 is 20.1 Å². The fourth-order valence-corrected chi connectivity index (χ4v) is 3.29. The van der Waals surface area contributed by atoms with E-state index in [-0.39, 0.29) is 29.4 Å². The van der Waals surface area contributed by atoms with Crippen LogP contribution in [-0.2, 0) is 9.47 Å². The number of benzene rings is 2. The van der Waals surface area contributed by atoms with Gasteiger partial charge in [0.25, 0.3) is 0 Å². The van der Waals surface area contributed by atoms with Gasteiger partial charge in [-0.1, -0.05) is 48.5 Å². The van der Waals surface area contributed by atoms with Crippen LogP contribution >= 0.6 is 0 Å². The molecule has 0 radical (unpaired) electrons. The highest BCUT2D eigenvalue weighted by atomic mass is 16.6. The van der Waals surface area contributed by atoms with E-state index >= 15 is 0 Å². The molecule has 0 fully saturated rings. The van der Waals surface area contributed by atoms with Crippen molar-refractivity contribution in [2.24, 2.45) is 0 Å². The van der Waals surface area contributed by atoms with Crippen molar-refractivity contribution in [3.8, 4) is 11.1 Å². The normalized spacial score (nSPS) is 13.1. The molecule has 1 aliphatic carbocycles. The monoisotopic (exact) mass is 454 g/mol. The number of carbonyl (C=O) groups excluding carboxylic acids is 2.